The molecule has 0 atom stereocenters. The lowest BCUT2D eigenvalue weighted by atomic mass is 10.00. The Kier molecular flexibility index (Phi) is 4.48. The van der Waals surface area contributed by atoms with Crippen molar-refractivity contribution < 1.29 is 19.1 Å². The summed E-state index contributed by atoms with van der Waals surface area (Å²) in [6.07, 6.45) is 0.121. The molecule has 0 saturated carbocycles. The van der Waals surface area contributed by atoms with Crippen LogP contribution in [0, 0.1) is 5.82 Å². The van der Waals surface area contributed by atoms with Crippen LogP contribution in [0.4, 0.5) is 4.39 Å². The maximum absolute atomic E-state index is 14.4. The number of fused-ring (bicyclic) bond motifs is 1. The fourth-order valence-corrected chi connectivity index (χ4v) is 2.81. The maximum Gasteiger partial charge on any atom is 0.254 e. The predicted octanol–water partition coefficient (Wildman–Crippen LogP) is 2.52. The minimum atomic E-state index is -0.925. The summed E-state index contributed by atoms with van der Waals surface area (Å²) in [5.74, 6) is -3.20. The third kappa shape index (κ3) is 3.16. The molecule has 0 aliphatic rings. The van der Waals surface area contributed by atoms with E-state index in [2.05, 4.69) is 4.98 Å². The van der Waals surface area contributed by atoms with E-state index in [9.17, 15) is 19.1 Å². The van der Waals surface area contributed by atoms with E-state index < -0.39 is 23.4 Å². The van der Waals surface area contributed by atoms with Crippen molar-refractivity contribution in [1.29, 1.82) is 0 Å². The van der Waals surface area contributed by atoms with Crippen LogP contribution >= 0.6 is 11.6 Å². The van der Waals surface area contributed by atoms with Gasteiger partial charge in [0.2, 0.25) is 5.91 Å². The SMILES string of the molecule is NC(=O)c1cc(F)c2nc(Cc3ccc(Cl)cc3)c(C(N)=O)c(O)c2c1. The Hall–Kier alpha value is -3.19. The topological polar surface area (TPSA) is 119 Å². The summed E-state index contributed by atoms with van der Waals surface area (Å²) in [4.78, 5) is 27.3. The minimum absolute atomic E-state index is 0.107. The average Bonchev–Trinajstić information content (AvgIpc) is 2.57. The monoisotopic (exact) mass is 373 g/mol. The number of nitrogens with zero attached hydrogens (tertiary/aromatic N) is 1. The fraction of sp³-hybridized carbons (Fsp3) is 0.0556. The van der Waals surface area contributed by atoms with E-state index in [-0.39, 0.29) is 34.1 Å². The molecule has 0 radical (unpaired) electrons. The molecule has 8 heteroatoms. The summed E-state index contributed by atoms with van der Waals surface area (Å²) in [7, 11) is 0. The molecule has 1 heterocycles. The van der Waals surface area contributed by atoms with Crippen LogP contribution in [0.1, 0.15) is 32.0 Å². The summed E-state index contributed by atoms with van der Waals surface area (Å²) in [5, 5.41) is 10.9. The number of nitrogens with two attached hydrogens (primary N) is 2. The first-order chi connectivity index (χ1) is 12.3. The highest BCUT2D eigenvalue weighted by atomic mass is 35.5. The number of aromatic hydroxyl groups is 1. The molecule has 1 aromatic heterocycles. The zero-order chi connectivity index (χ0) is 19.0. The van der Waals surface area contributed by atoms with Gasteiger partial charge in [-0.3, -0.25) is 9.59 Å². The van der Waals surface area contributed by atoms with Gasteiger partial charge in [0.05, 0.1) is 5.69 Å². The molecule has 0 aliphatic heterocycles. The summed E-state index contributed by atoms with van der Waals surface area (Å²) in [6, 6.07) is 8.82. The van der Waals surface area contributed by atoms with E-state index in [1.54, 1.807) is 24.3 Å². The zero-order valence-corrected chi connectivity index (χ0v) is 14.0. The van der Waals surface area contributed by atoms with Crippen molar-refractivity contribution >= 4 is 34.3 Å². The van der Waals surface area contributed by atoms with E-state index in [1.807, 2.05) is 0 Å². The van der Waals surface area contributed by atoms with Crippen molar-refractivity contribution in [3.8, 4) is 5.75 Å². The normalized spacial score (nSPS) is 10.8. The van der Waals surface area contributed by atoms with Crippen molar-refractivity contribution in [2.24, 2.45) is 11.5 Å². The largest absolute Gasteiger partial charge is 0.506 e. The summed E-state index contributed by atoms with van der Waals surface area (Å²) < 4.78 is 14.4. The second-order valence-electron chi connectivity index (χ2n) is 5.67. The van der Waals surface area contributed by atoms with Gasteiger partial charge in [0.1, 0.15) is 22.6 Å². The summed E-state index contributed by atoms with van der Waals surface area (Å²) in [6.45, 7) is 0. The van der Waals surface area contributed by atoms with Crippen molar-refractivity contribution in [1.82, 2.24) is 4.98 Å². The molecule has 0 spiro atoms. The number of halogens is 2. The zero-order valence-electron chi connectivity index (χ0n) is 13.3. The van der Waals surface area contributed by atoms with E-state index in [4.69, 9.17) is 23.1 Å². The molecular weight excluding hydrogens is 361 g/mol. The van der Waals surface area contributed by atoms with Crippen LogP contribution in [0.5, 0.6) is 5.75 Å². The molecule has 5 N–H and O–H groups in total. The fourth-order valence-electron chi connectivity index (χ4n) is 2.68. The first-order valence-corrected chi connectivity index (χ1v) is 7.85. The second kappa shape index (κ2) is 6.61. The first kappa shape index (κ1) is 17.6. The predicted molar refractivity (Wildman–Crippen MR) is 94.7 cm³/mol. The number of rotatable bonds is 4. The molecule has 2 aromatic carbocycles. The Morgan fingerprint density at radius 1 is 1.12 bits per heavy atom. The highest BCUT2D eigenvalue weighted by Crippen LogP contribution is 2.33. The number of carbonyl (C=O) groups is 2. The van der Waals surface area contributed by atoms with E-state index >= 15 is 0 Å². The Bertz CT molecular complexity index is 1050. The van der Waals surface area contributed by atoms with Crippen LogP contribution in [-0.2, 0) is 6.42 Å². The van der Waals surface area contributed by atoms with Crippen LogP contribution in [0.2, 0.25) is 5.02 Å². The summed E-state index contributed by atoms with van der Waals surface area (Å²) in [5.41, 5.74) is 10.8. The van der Waals surface area contributed by atoms with Gasteiger partial charge in [-0.15, -0.1) is 0 Å². The van der Waals surface area contributed by atoms with Gasteiger partial charge in [-0.05, 0) is 29.8 Å². The molecule has 0 fully saturated rings. The van der Waals surface area contributed by atoms with E-state index in [0.29, 0.717) is 5.02 Å². The molecule has 3 aromatic rings. The van der Waals surface area contributed by atoms with Gasteiger partial charge >= 0.3 is 0 Å². The Labute approximate surface area is 152 Å². The second-order valence-corrected chi connectivity index (χ2v) is 6.10. The Morgan fingerprint density at radius 3 is 2.35 bits per heavy atom. The van der Waals surface area contributed by atoms with Crippen molar-refractivity contribution in [2.75, 3.05) is 0 Å². The van der Waals surface area contributed by atoms with E-state index in [0.717, 1.165) is 11.6 Å². The molecular formula is C18H13ClFN3O3. The maximum atomic E-state index is 14.4. The van der Waals surface area contributed by atoms with Gasteiger partial charge in [-0.1, -0.05) is 23.7 Å². The quantitative estimate of drug-likeness (QED) is 0.650. The molecule has 0 aliphatic carbocycles. The summed E-state index contributed by atoms with van der Waals surface area (Å²) >= 11 is 5.84. The average molecular weight is 374 g/mol. The van der Waals surface area contributed by atoms with Gasteiger partial charge in [0, 0.05) is 22.4 Å². The number of pyridine rings is 1. The Morgan fingerprint density at radius 2 is 1.77 bits per heavy atom. The number of benzene rings is 2. The lowest BCUT2D eigenvalue weighted by Gasteiger charge is -2.12. The third-order valence-electron chi connectivity index (χ3n) is 3.91. The third-order valence-corrected chi connectivity index (χ3v) is 4.16. The van der Waals surface area contributed by atoms with Crippen LogP contribution in [-0.4, -0.2) is 21.9 Å². The minimum Gasteiger partial charge on any atom is -0.506 e. The Balaban J connectivity index is 2.25. The number of carbonyl (C=O) groups excluding carboxylic acids is 2. The van der Waals surface area contributed by atoms with E-state index in [1.165, 1.54) is 6.07 Å². The van der Waals surface area contributed by atoms with Gasteiger partial charge in [-0.2, -0.15) is 0 Å². The van der Waals surface area contributed by atoms with Crippen LogP contribution in [0.3, 0.4) is 0 Å². The molecule has 132 valence electrons. The highest BCUT2D eigenvalue weighted by molar-refractivity contribution is 6.30. The molecule has 0 unspecified atom stereocenters. The van der Waals surface area contributed by atoms with Gasteiger partial charge in [0.15, 0.2) is 0 Å². The molecule has 0 bridgehead atoms. The number of hydrogen-bond acceptors (Lipinski definition) is 4. The highest BCUT2D eigenvalue weighted by Gasteiger charge is 2.22. The molecule has 6 nitrogen and oxygen atoms in total. The standard InChI is InChI=1S/C18H13ClFN3O3/c19-10-3-1-8(2-4-10)5-13-14(18(22)26)16(24)11-6-9(17(21)25)7-12(20)15(11)23-13/h1-4,6-7H,5H2,(H2,21,25)(H2,22,26)(H,23,24). The number of aromatic nitrogens is 1. The number of hydrogen-bond donors (Lipinski definition) is 3. The van der Waals surface area contributed by atoms with Crippen molar-refractivity contribution in [3.63, 3.8) is 0 Å². The van der Waals surface area contributed by atoms with Gasteiger partial charge < -0.3 is 16.6 Å². The molecule has 3 rings (SSSR count). The molecule has 0 saturated heterocycles. The van der Waals surface area contributed by atoms with Gasteiger partial charge in [0.25, 0.3) is 5.91 Å². The molecule has 26 heavy (non-hydrogen) atoms. The van der Waals surface area contributed by atoms with Crippen LogP contribution in [0.15, 0.2) is 36.4 Å². The van der Waals surface area contributed by atoms with Crippen molar-refractivity contribution in [3.05, 3.63) is 69.6 Å². The first-order valence-electron chi connectivity index (χ1n) is 7.47. The number of primary amides is 2. The lowest BCUT2D eigenvalue weighted by Crippen LogP contribution is -2.17. The van der Waals surface area contributed by atoms with Crippen LogP contribution < -0.4 is 11.5 Å². The lowest BCUT2D eigenvalue weighted by molar-refractivity contribution is 0.0990. The van der Waals surface area contributed by atoms with Crippen molar-refractivity contribution in [2.45, 2.75) is 6.42 Å². The smallest absolute Gasteiger partial charge is 0.254 e. The van der Waals surface area contributed by atoms with Crippen LogP contribution in [0.25, 0.3) is 10.9 Å². The number of amides is 2. The van der Waals surface area contributed by atoms with Gasteiger partial charge in [-0.25, -0.2) is 9.37 Å². The molecule has 2 amide bonds.